The number of amides is 1. The topological polar surface area (TPSA) is 72.7 Å². The van der Waals surface area contributed by atoms with Crippen molar-refractivity contribution in [1.29, 1.82) is 0 Å². The lowest BCUT2D eigenvalue weighted by Crippen LogP contribution is -2.23. The van der Waals surface area contributed by atoms with Gasteiger partial charge in [-0.15, -0.1) is 5.10 Å². The number of benzene rings is 2. The Labute approximate surface area is 163 Å². The van der Waals surface area contributed by atoms with Crippen LogP contribution in [0.3, 0.4) is 0 Å². The number of nitrogens with zero attached hydrogens (tertiary/aromatic N) is 4. The van der Waals surface area contributed by atoms with Gasteiger partial charge in [0.25, 0.3) is 0 Å². The molecule has 3 aromatic rings. The lowest BCUT2D eigenvalue weighted by atomic mass is 10.0. The molecule has 140 valence electrons. The molecule has 1 atom stereocenters. The number of aryl methyl sites for hydroxylation is 1. The van der Waals surface area contributed by atoms with Crippen molar-refractivity contribution in [2.75, 3.05) is 5.32 Å². The molecule has 0 fully saturated rings. The Bertz CT molecular complexity index is 920. The molecule has 2 aromatic carbocycles. The van der Waals surface area contributed by atoms with Gasteiger partial charge in [0.1, 0.15) is 0 Å². The number of carbonyl (C=O) groups excluding carboxylic acids is 1. The number of tetrazole rings is 1. The van der Waals surface area contributed by atoms with Crippen LogP contribution in [0.25, 0.3) is 5.69 Å². The lowest BCUT2D eigenvalue weighted by Gasteiger charge is -2.12. The molecular formula is C20H23N5OS. The van der Waals surface area contributed by atoms with Gasteiger partial charge in [-0.1, -0.05) is 49.9 Å². The fourth-order valence-corrected chi connectivity index (χ4v) is 3.40. The molecule has 0 spiro atoms. The van der Waals surface area contributed by atoms with Crippen LogP contribution >= 0.6 is 11.8 Å². The lowest BCUT2D eigenvalue weighted by molar-refractivity contribution is -0.115. The summed E-state index contributed by atoms with van der Waals surface area (Å²) in [6.07, 6.45) is 0. The Kier molecular flexibility index (Phi) is 5.91. The SMILES string of the molecule is Cc1cccc(NC(=O)C(C)Sc2nnnn2-c2ccc(C(C)C)cc2)c1. The van der Waals surface area contributed by atoms with E-state index in [2.05, 4.69) is 46.8 Å². The molecule has 7 heteroatoms. The minimum Gasteiger partial charge on any atom is -0.325 e. The van der Waals surface area contributed by atoms with Crippen molar-refractivity contribution in [2.45, 2.75) is 44.0 Å². The molecule has 1 heterocycles. The van der Waals surface area contributed by atoms with Gasteiger partial charge in [-0.3, -0.25) is 4.79 Å². The summed E-state index contributed by atoms with van der Waals surface area (Å²) in [6, 6.07) is 15.9. The summed E-state index contributed by atoms with van der Waals surface area (Å²) in [7, 11) is 0. The average molecular weight is 382 g/mol. The van der Waals surface area contributed by atoms with Crippen LogP contribution in [-0.2, 0) is 4.79 Å². The molecule has 0 aliphatic heterocycles. The van der Waals surface area contributed by atoms with E-state index < -0.39 is 0 Å². The number of rotatable bonds is 6. The number of anilines is 1. The van der Waals surface area contributed by atoms with Gasteiger partial charge in [-0.25, -0.2) is 0 Å². The second-order valence-electron chi connectivity index (χ2n) is 6.74. The summed E-state index contributed by atoms with van der Waals surface area (Å²) < 4.78 is 1.66. The monoisotopic (exact) mass is 381 g/mol. The first-order valence-electron chi connectivity index (χ1n) is 8.87. The fraction of sp³-hybridized carbons (Fsp3) is 0.300. The van der Waals surface area contributed by atoms with Gasteiger partial charge in [0.15, 0.2) is 0 Å². The molecule has 0 saturated heterocycles. The molecular weight excluding hydrogens is 358 g/mol. The van der Waals surface area contributed by atoms with Crippen LogP contribution in [0.4, 0.5) is 5.69 Å². The molecule has 0 aliphatic carbocycles. The Morgan fingerprint density at radius 1 is 1.11 bits per heavy atom. The normalized spacial score (nSPS) is 12.2. The summed E-state index contributed by atoms with van der Waals surface area (Å²) in [5.74, 6) is 0.377. The molecule has 27 heavy (non-hydrogen) atoms. The highest BCUT2D eigenvalue weighted by molar-refractivity contribution is 8.00. The highest BCUT2D eigenvalue weighted by Gasteiger charge is 2.19. The zero-order valence-corrected chi connectivity index (χ0v) is 16.7. The molecule has 0 radical (unpaired) electrons. The fourth-order valence-electron chi connectivity index (χ4n) is 2.59. The van der Waals surface area contributed by atoms with E-state index in [9.17, 15) is 4.79 Å². The summed E-state index contributed by atoms with van der Waals surface area (Å²) in [4.78, 5) is 12.5. The Morgan fingerprint density at radius 3 is 2.52 bits per heavy atom. The standard InChI is InChI=1S/C20H23N5OS/c1-13(2)16-8-10-18(11-9-16)25-20(22-23-24-25)27-15(4)19(26)21-17-7-5-6-14(3)12-17/h5-13,15H,1-4H3,(H,21,26). The van der Waals surface area contributed by atoms with E-state index in [4.69, 9.17) is 0 Å². The molecule has 0 bridgehead atoms. The van der Waals surface area contributed by atoms with Crippen molar-refractivity contribution in [3.8, 4) is 5.69 Å². The van der Waals surface area contributed by atoms with Crippen LogP contribution in [-0.4, -0.2) is 31.4 Å². The first kappa shape index (κ1) is 19.1. The molecule has 3 rings (SSSR count). The maximum atomic E-state index is 12.5. The van der Waals surface area contributed by atoms with E-state index in [-0.39, 0.29) is 11.2 Å². The van der Waals surface area contributed by atoms with Crippen LogP contribution < -0.4 is 5.32 Å². The van der Waals surface area contributed by atoms with E-state index in [1.807, 2.05) is 50.2 Å². The van der Waals surface area contributed by atoms with Crippen LogP contribution in [0.5, 0.6) is 0 Å². The second kappa shape index (κ2) is 8.35. The van der Waals surface area contributed by atoms with Gasteiger partial charge < -0.3 is 5.32 Å². The zero-order valence-electron chi connectivity index (χ0n) is 15.9. The van der Waals surface area contributed by atoms with Gasteiger partial charge in [-0.2, -0.15) is 4.68 Å². The van der Waals surface area contributed by atoms with Crippen molar-refractivity contribution in [3.63, 3.8) is 0 Å². The predicted molar refractivity (Wildman–Crippen MR) is 108 cm³/mol. The summed E-state index contributed by atoms with van der Waals surface area (Å²) in [5.41, 5.74) is 4.02. The molecule has 1 N–H and O–H groups in total. The van der Waals surface area contributed by atoms with Gasteiger partial charge in [0, 0.05) is 5.69 Å². The Balaban J connectivity index is 1.71. The Morgan fingerprint density at radius 2 is 1.85 bits per heavy atom. The maximum Gasteiger partial charge on any atom is 0.237 e. The van der Waals surface area contributed by atoms with Crippen molar-refractivity contribution < 1.29 is 4.79 Å². The first-order valence-corrected chi connectivity index (χ1v) is 9.75. The van der Waals surface area contributed by atoms with Gasteiger partial charge in [-0.05, 0) is 65.6 Å². The second-order valence-corrected chi connectivity index (χ2v) is 8.05. The number of hydrogen-bond acceptors (Lipinski definition) is 5. The van der Waals surface area contributed by atoms with Crippen molar-refractivity contribution in [1.82, 2.24) is 20.2 Å². The van der Waals surface area contributed by atoms with Crippen LogP contribution in [0.2, 0.25) is 0 Å². The van der Waals surface area contributed by atoms with Crippen LogP contribution in [0.1, 0.15) is 37.8 Å². The molecule has 1 amide bonds. The summed E-state index contributed by atoms with van der Waals surface area (Å²) in [5, 5.41) is 15.1. The highest BCUT2D eigenvalue weighted by Crippen LogP contribution is 2.25. The molecule has 1 unspecified atom stereocenters. The minimum absolute atomic E-state index is 0.0877. The largest absolute Gasteiger partial charge is 0.325 e. The van der Waals surface area contributed by atoms with E-state index >= 15 is 0 Å². The van der Waals surface area contributed by atoms with E-state index in [0.717, 1.165) is 16.9 Å². The molecule has 6 nitrogen and oxygen atoms in total. The predicted octanol–water partition coefficient (Wildman–Crippen LogP) is 4.21. The van der Waals surface area contributed by atoms with Gasteiger partial charge >= 0.3 is 0 Å². The number of carbonyl (C=O) groups is 1. The third-order valence-corrected chi connectivity index (χ3v) is 5.22. The number of nitrogens with one attached hydrogen (secondary N) is 1. The summed E-state index contributed by atoms with van der Waals surface area (Å²) in [6.45, 7) is 8.15. The first-order chi connectivity index (χ1) is 12.9. The van der Waals surface area contributed by atoms with E-state index in [1.54, 1.807) is 4.68 Å². The number of thioether (sulfide) groups is 1. The van der Waals surface area contributed by atoms with Crippen molar-refractivity contribution in [2.24, 2.45) is 0 Å². The average Bonchev–Trinajstić information content (AvgIpc) is 3.09. The third kappa shape index (κ3) is 4.74. The van der Waals surface area contributed by atoms with Crippen molar-refractivity contribution in [3.05, 3.63) is 59.7 Å². The zero-order chi connectivity index (χ0) is 19.4. The highest BCUT2D eigenvalue weighted by atomic mass is 32.2. The molecule has 0 saturated carbocycles. The van der Waals surface area contributed by atoms with Crippen molar-refractivity contribution >= 4 is 23.4 Å². The minimum atomic E-state index is -0.342. The maximum absolute atomic E-state index is 12.5. The quantitative estimate of drug-likeness (QED) is 0.648. The van der Waals surface area contributed by atoms with Gasteiger partial charge in [0.2, 0.25) is 11.1 Å². The molecule has 0 aliphatic rings. The van der Waals surface area contributed by atoms with Crippen LogP contribution in [0.15, 0.2) is 53.7 Å². The molecule has 1 aromatic heterocycles. The third-order valence-electron chi connectivity index (χ3n) is 4.18. The summed E-state index contributed by atoms with van der Waals surface area (Å²) >= 11 is 1.33. The van der Waals surface area contributed by atoms with Crippen LogP contribution in [0, 0.1) is 6.92 Å². The van der Waals surface area contributed by atoms with E-state index in [0.29, 0.717) is 11.1 Å². The number of hydrogen-bond donors (Lipinski definition) is 1. The van der Waals surface area contributed by atoms with Gasteiger partial charge in [0.05, 0.1) is 10.9 Å². The number of aromatic nitrogens is 4. The van der Waals surface area contributed by atoms with E-state index in [1.165, 1.54) is 17.3 Å². The smallest absolute Gasteiger partial charge is 0.237 e. The Hall–Kier alpha value is -2.67.